The first kappa shape index (κ1) is 18.2. The summed E-state index contributed by atoms with van der Waals surface area (Å²) in [5.74, 6) is -0.282. The maximum absolute atomic E-state index is 12.7. The van der Waals surface area contributed by atoms with E-state index in [0.717, 1.165) is 11.4 Å². The van der Waals surface area contributed by atoms with Crippen LogP contribution in [0.15, 0.2) is 30.5 Å². The van der Waals surface area contributed by atoms with Crippen LogP contribution in [0.3, 0.4) is 0 Å². The van der Waals surface area contributed by atoms with E-state index in [1.54, 1.807) is 4.68 Å². The molecule has 0 saturated carbocycles. The Morgan fingerprint density at radius 3 is 2.69 bits per heavy atom. The molecule has 26 heavy (non-hydrogen) atoms. The number of benzene rings is 1. The first-order chi connectivity index (χ1) is 12.4. The lowest BCUT2D eigenvalue weighted by Gasteiger charge is -2.09. The molecule has 0 radical (unpaired) electrons. The topological polar surface area (TPSA) is 64.7 Å². The zero-order valence-corrected chi connectivity index (χ0v) is 16.1. The summed E-state index contributed by atoms with van der Waals surface area (Å²) >= 11 is 6.13. The molecule has 0 aliphatic heterocycles. The Bertz CT molecular complexity index is 957. The number of aromatic nitrogens is 4. The third kappa shape index (κ3) is 3.51. The fraction of sp³-hybridized carbons (Fsp3) is 0.316. The minimum atomic E-state index is -0.282. The zero-order valence-electron chi connectivity index (χ0n) is 15.4. The van der Waals surface area contributed by atoms with Crippen molar-refractivity contribution < 1.29 is 4.79 Å². The Labute approximate surface area is 157 Å². The molecule has 136 valence electrons. The predicted octanol–water partition coefficient (Wildman–Crippen LogP) is 3.98. The Kier molecular flexibility index (Phi) is 5.13. The van der Waals surface area contributed by atoms with Gasteiger partial charge in [0.05, 0.1) is 34.8 Å². The lowest BCUT2D eigenvalue weighted by atomic mass is 10.1. The summed E-state index contributed by atoms with van der Waals surface area (Å²) in [7, 11) is 0. The number of aryl methyl sites for hydroxylation is 3. The first-order valence-corrected chi connectivity index (χ1v) is 8.90. The van der Waals surface area contributed by atoms with Gasteiger partial charge in [0.15, 0.2) is 0 Å². The average Bonchev–Trinajstić information content (AvgIpc) is 3.09. The highest BCUT2D eigenvalue weighted by molar-refractivity contribution is 6.34. The second kappa shape index (κ2) is 7.33. The Morgan fingerprint density at radius 2 is 2.00 bits per heavy atom. The highest BCUT2D eigenvalue weighted by Crippen LogP contribution is 2.23. The molecule has 0 aliphatic rings. The smallest absolute Gasteiger partial charge is 0.275 e. The summed E-state index contributed by atoms with van der Waals surface area (Å²) in [6.07, 6.45) is 1.49. The average molecular weight is 372 g/mol. The van der Waals surface area contributed by atoms with E-state index in [-0.39, 0.29) is 5.91 Å². The van der Waals surface area contributed by atoms with Gasteiger partial charge in [0, 0.05) is 6.54 Å². The van der Waals surface area contributed by atoms with Gasteiger partial charge >= 0.3 is 0 Å². The molecule has 2 heterocycles. The highest BCUT2D eigenvalue weighted by Gasteiger charge is 2.20. The third-order valence-corrected chi connectivity index (χ3v) is 4.62. The fourth-order valence-corrected chi connectivity index (χ4v) is 3.24. The summed E-state index contributed by atoms with van der Waals surface area (Å²) in [5.41, 5.74) is 5.11. The molecule has 2 aromatic heterocycles. The van der Waals surface area contributed by atoms with Crippen LogP contribution in [-0.2, 0) is 13.1 Å². The van der Waals surface area contributed by atoms with Crippen molar-refractivity contribution in [3.63, 3.8) is 0 Å². The molecule has 0 atom stereocenters. The summed E-state index contributed by atoms with van der Waals surface area (Å²) < 4.78 is 3.48. The van der Waals surface area contributed by atoms with Crippen molar-refractivity contribution >= 4 is 23.2 Å². The van der Waals surface area contributed by atoms with E-state index in [0.29, 0.717) is 29.5 Å². The van der Waals surface area contributed by atoms with E-state index >= 15 is 0 Å². The second-order valence-electron chi connectivity index (χ2n) is 6.30. The quantitative estimate of drug-likeness (QED) is 0.737. The van der Waals surface area contributed by atoms with Crippen molar-refractivity contribution in [2.24, 2.45) is 0 Å². The van der Waals surface area contributed by atoms with E-state index in [1.165, 1.54) is 17.3 Å². The molecule has 3 rings (SSSR count). The number of halogens is 1. The molecule has 1 N–H and O–H groups in total. The molecule has 0 bridgehead atoms. The first-order valence-electron chi connectivity index (χ1n) is 8.53. The number of rotatable bonds is 5. The molecular weight excluding hydrogens is 350 g/mol. The van der Waals surface area contributed by atoms with Crippen LogP contribution in [0.25, 0.3) is 0 Å². The minimum absolute atomic E-state index is 0.282. The van der Waals surface area contributed by atoms with Gasteiger partial charge in [0.2, 0.25) is 0 Å². The van der Waals surface area contributed by atoms with E-state index in [2.05, 4.69) is 40.6 Å². The second-order valence-corrected chi connectivity index (χ2v) is 6.71. The van der Waals surface area contributed by atoms with Crippen molar-refractivity contribution in [1.29, 1.82) is 0 Å². The molecule has 0 fully saturated rings. The lowest BCUT2D eigenvalue weighted by molar-refractivity contribution is 0.101. The summed E-state index contributed by atoms with van der Waals surface area (Å²) in [6.45, 7) is 9.03. The standard InChI is InChI=1S/C19H22ClN5O/c1-5-24-18(16(20)10-21-24)19(26)22-17-13(3)23-25(14(17)4)11-15-8-6-7-12(2)9-15/h6-10H,5,11H2,1-4H3,(H,22,26). The van der Waals surface area contributed by atoms with Gasteiger partial charge in [-0.2, -0.15) is 10.2 Å². The van der Waals surface area contributed by atoms with E-state index in [9.17, 15) is 4.79 Å². The molecule has 7 heteroatoms. The van der Waals surface area contributed by atoms with Crippen molar-refractivity contribution in [2.75, 3.05) is 5.32 Å². The van der Waals surface area contributed by atoms with Gasteiger partial charge in [-0.25, -0.2) is 0 Å². The van der Waals surface area contributed by atoms with Crippen LogP contribution in [-0.4, -0.2) is 25.5 Å². The monoisotopic (exact) mass is 371 g/mol. The van der Waals surface area contributed by atoms with Crippen LogP contribution in [0.4, 0.5) is 5.69 Å². The molecule has 6 nitrogen and oxygen atoms in total. The number of nitrogens with one attached hydrogen (secondary N) is 1. The van der Waals surface area contributed by atoms with Gasteiger partial charge in [-0.05, 0) is 33.3 Å². The molecule has 0 aliphatic carbocycles. The van der Waals surface area contributed by atoms with Gasteiger partial charge in [0.1, 0.15) is 5.69 Å². The van der Waals surface area contributed by atoms with Crippen LogP contribution in [0, 0.1) is 20.8 Å². The van der Waals surface area contributed by atoms with Crippen LogP contribution in [0.1, 0.15) is 39.9 Å². The molecule has 3 aromatic rings. The number of hydrogen-bond donors (Lipinski definition) is 1. The minimum Gasteiger partial charge on any atom is -0.317 e. The molecule has 0 unspecified atom stereocenters. The number of carbonyl (C=O) groups excluding carboxylic acids is 1. The van der Waals surface area contributed by atoms with Crippen molar-refractivity contribution in [3.8, 4) is 0 Å². The van der Waals surface area contributed by atoms with Crippen LogP contribution in [0.2, 0.25) is 5.02 Å². The van der Waals surface area contributed by atoms with Gasteiger partial charge in [-0.3, -0.25) is 14.2 Å². The molecule has 1 amide bonds. The SMILES string of the molecule is CCn1ncc(Cl)c1C(=O)Nc1c(C)nn(Cc2cccc(C)c2)c1C. The molecular formula is C19H22ClN5O. The predicted molar refractivity (Wildman–Crippen MR) is 103 cm³/mol. The number of hydrogen-bond acceptors (Lipinski definition) is 3. The third-order valence-electron chi connectivity index (χ3n) is 4.34. The zero-order chi connectivity index (χ0) is 18.8. The lowest BCUT2D eigenvalue weighted by Crippen LogP contribution is -2.18. The maximum atomic E-state index is 12.7. The van der Waals surface area contributed by atoms with Gasteiger partial charge in [-0.1, -0.05) is 41.4 Å². The van der Waals surface area contributed by atoms with Gasteiger partial charge in [-0.15, -0.1) is 0 Å². The molecule has 0 spiro atoms. The Hall–Kier alpha value is -2.60. The Morgan fingerprint density at radius 1 is 1.23 bits per heavy atom. The van der Waals surface area contributed by atoms with Crippen LogP contribution in [0.5, 0.6) is 0 Å². The van der Waals surface area contributed by atoms with Gasteiger partial charge in [0.25, 0.3) is 5.91 Å². The summed E-state index contributed by atoms with van der Waals surface area (Å²) in [4.78, 5) is 12.7. The normalized spacial score (nSPS) is 11.0. The summed E-state index contributed by atoms with van der Waals surface area (Å²) in [5, 5.41) is 12.0. The Balaban J connectivity index is 1.86. The van der Waals surface area contributed by atoms with E-state index in [4.69, 9.17) is 11.6 Å². The molecule has 0 saturated heterocycles. The van der Waals surface area contributed by atoms with E-state index in [1.807, 2.05) is 31.5 Å². The maximum Gasteiger partial charge on any atom is 0.275 e. The highest BCUT2D eigenvalue weighted by atomic mass is 35.5. The molecule has 1 aromatic carbocycles. The van der Waals surface area contributed by atoms with Crippen LogP contribution >= 0.6 is 11.6 Å². The number of amides is 1. The van der Waals surface area contributed by atoms with Gasteiger partial charge < -0.3 is 5.32 Å². The van der Waals surface area contributed by atoms with Crippen molar-refractivity contribution in [1.82, 2.24) is 19.6 Å². The van der Waals surface area contributed by atoms with Crippen LogP contribution < -0.4 is 5.32 Å². The largest absolute Gasteiger partial charge is 0.317 e. The number of nitrogens with zero attached hydrogens (tertiary/aromatic N) is 4. The van der Waals surface area contributed by atoms with E-state index < -0.39 is 0 Å². The van der Waals surface area contributed by atoms with Crippen molar-refractivity contribution in [2.45, 2.75) is 40.8 Å². The fourth-order valence-electron chi connectivity index (χ4n) is 3.02. The number of anilines is 1. The van der Waals surface area contributed by atoms with Crippen molar-refractivity contribution in [3.05, 3.63) is 63.7 Å². The number of carbonyl (C=O) groups is 1. The summed E-state index contributed by atoms with van der Waals surface area (Å²) in [6, 6.07) is 8.31.